The minimum absolute atomic E-state index is 0.788. The molecule has 1 fully saturated rings. The van der Waals surface area contributed by atoms with Crippen molar-refractivity contribution in [2.24, 2.45) is 7.05 Å². The highest BCUT2D eigenvalue weighted by atomic mass is 32.1. The van der Waals surface area contributed by atoms with Gasteiger partial charge in [0.05, 0.1) is 23.9 Å². The quantitative estimate of drug-likeness (QED) is 0.460. The highest BCUT2D eigenvalue weighted by Gasteiger charge is 2.21. The number of aromatic nitrogens is 6. The van der Waals surface area contributed by atoms with E-state index in [1.807, 2.05) is 13.2 Å². The van der Waals surface area contributed by atoms with E-state index in [4.69, 9.17) is 12.2 Å². The maximum Gasteiger partial charge on any atom is 0.185 e. The van der Waals surface area contributed by atoms with E-state index in [-0.39, 0.29) is 0 Å². The summed E-state index contributed by atoms with van der Waals surface area (Å²) in [7, 11) is 1.91. The molecule has 4 aromatic rings. The van der Waals surface area contributed by atoms with Gasteiger partial charge in [0.25, 0.3) is 0 Å². The van der Waals surface area contributed by atoms with Gasteiger partial charge in [0.1, 0.15) is 12.1 Å². The average molecular weight is 435 g/mol. The molecule has 160 valence electrons. The predicted molar refractivity (Wildman–Crippen MR) is 124 cm³/mol. The summed E-state index contributed by atoms with van der Waals surface area (Å²) in [5.74, 6) is 0.968. The van der Waals surface area contributed by atoms with Crippen molar-refractivity contribution in [2.45, 2.75) is 20.5 Å². The molecule has 1 aromatic carbocycles. The molecule has 0 saturated carbocycles. The van der Waals surface area contributed by atoms with Gasteiger partial charge in [-0.15, -0.1) is 0 Å². The Hall–Kier alpha value is -3.04. The van der Waals surface area contributed by atoms with Crippen LogP contribution < -0.4 is 4.90 Å². The smallest absolute Gasteiger partial charge is 0.185 e. The van der Waals surface area contributed by atoms with E-state index in [9.17, 15) is 0 Å². The van der Waals surface area contributed by atoms with Crippen molar-refractivity contribution in [1.29, 1.82) is 0 Å². The average Bonchev–Trinajstić information content (AvgIpc) is 3.32. The molecule has 31 heavy (non-hydrogen) atoms. The lowest BCUT2D eigenvalue weighted by molar-refractivity contribution is 0.204. The lowest BCUT2D eigenvalue weighted by Gasteiger charge is -2.35. The Labute approximate surface area is 186 Å². The van der Waals surface area contributed by atoms with Crippen molar-refractivity contribution in [1.82, 2.24) is 33.8 Å². The summed E-state index contributed by atoms with van der Waals surface area (Å²) < 4.78 is 6.86. The molecule has 4 heterocycles. The minimum atomic E-state index is 0.788. The van der Waals surface area contributed by atoms with Crippen LogP contribution in [0.3, 0.4) is 0 Å². The van der Waals surface area contributed by atoms with Crippen LogP contribution in [0.15, 0.2) is 43.1 Å². The van der Waals surface area contributed by atoms with Crippen LogP contribution >= 0.6 is 12.2 Å². The van der Waals surface area contributed by atoms with Gasteiger partial charge in [-0.25, -0.2) is 9.97 Å². The van der Waals surface area contributed by atoms with E-state index in [2.05, 4.69) is 78.4 Å². The van der Waals surface area contributed by atoms with Gasteiger partial charge in [0, 0.05) is 45.6 Å². The standard InChI is InChI=1S/C22H26N8S/c1-16-4-5-19(17(2)12-16)30-11-10-29(22(30)31)15-27-6-8-28(9-7-27)21-18-13-25-26(3)20(18)23-14-24-21/h4-5,10-14H,6-9,15H2,1-3H3. The molecule has 0 bridgehead atoms. The van der Waals surface area contributed by atoms with Crippen molar-refractivity contribution in [2.75, 3.05) is 31.1 Å². The Kier molecular flexibility index (Phi) is 5.07. The van der Waals surface area contributed by atoms with Crippen LogP contribution in [0.5, 0.6) is 0 Å². The maximum atomic E-state index is 5.79. The number of piperazine rings is 1. The summed E-state index contributed by atoms with van der Waals surface area (Å²) in [6.45, 7) is 8.74. The van der Waals surface area contributed by atoms with Crippen LogP contribution in [0.2, 0.25) is 0 Å². The van der Waals surface area contributed by atoms with Crippen LogP contribution in [0, 0.1) is 18.6 Å². The predicted octanol–water partition coefficient (Wildman–Crippen LogP) is 3.08. The third-order valence-electron chi connectivity index (χ3n) is 5.99. The second-order valence-electron chi connectivity index (χ2n) is 8.16. The molecule has 8 nitrogen and oxygen atoms in total. The molecule has 0 aliphatic carbocycles. The fourth-order valence-corrected chi connectivity index (χ4v) is 4.58. The number of aryl methyl sites for hydroxylation is 3. The van der Waals surface area contributed by atoms with Gasteiger partial charge in [0.15, 0.2) is 10.4 Å². The molecule has 5 rings (SSSR count). The van der Waals surface area contributed by atoms with Crippen molar-refractivity contribution in [3.63, 3.8) is 0 Å². The van der Waals surface area contributed by atoms with E-state index < -0.39 is 0 Å². The molecule has 0 spiro atoms. The number of benzene rings is 1. The fourth-order valence-electron chi connectivity index (χ4n) is 4.30. The Balaban J connectivity index is 1.29. The highest BCUT2D eigenvalue weighted by molar-refractivity contribution is 7.71. The Morgan fingerprint density at radius 2 is 1.84 bits per heavy atom. The molecule has 0 amide bonds. The molecule has 9 heteroatoms. The van der Waals surface area contributed by atoms with E-state index in [1.54, 1.807) is 11.0 Å². The molecule has 0 radical (unpaired) electrons. The Bertz CT molecular complexity index is 1290. The molecule has 0 N–H and O–H groups in total. The summed E-state index contributed by atoms with van der Waals surface area (Å²) >= 11 is 5.79. The molecule has 0 atom stereocenters. The van der Waals surface area contributed by atoms with Crippen molar-refractivity contribution in [3.8, 4) is 5.69 Å². The van der Waals surface area contributed by atoms with Crippen LogP contribution in [-0.2, 0) is 13.7 Å². The minimum Gasteiger partial charge on any atom is -0.353 e. The summed E-state index contributed by atoms with van der Waals surface area (Å²) in [6, 6.07) is 6.47. The lowest BCUT2D eigenvalue weighted by Crippen LogP contribution is -2.47. The fraction of sp³-hybridized carbons (Fsp3) is 0.364. The first-order chi connectivity index (χ1) is 15.0. The number of rotatable bonds is 4. The zero-order chi connectivity index (χ0) is 21.5. The molecular weight excluding hydrogens is 408 g/mol. The zero-order valence-corrected chi connectivity index (χ0v) is 18.9. The summed E-state index contributed by atoms with van der Waals surface area (Å²) in [5, 5.41) is 5.34. The number of fused-ring (bicyclic) bond motifs is 1. The van der Waals surface area contributed by atoms with Gasteiger partial charge in [-0.3, -0.25) is 14.1 Å². The first-order valence-electron chi connectivity index (χ1n) is 10.5. The van der Waals surface area contributed by atoms with Crippen molar-refractivity contribution >= 4 is 29.1 Å². The molecule has 1 saturated heterocycles. The molecule has 3 aromatic heterocycles. The second-order valence-corrected chi connectivity index (χ2v) is 8.52. The highest BCUT2D eigenvalue weighted by Crippen LogP contribution is 2.23. The molecule has 0 unspecified atom stereocenters. The normalized spacial score (nSPS) is 15.1. The number of hydrogen-bond donors (Lipinski definition) is 0. The van der Waals surface area contributed by atoms with Crippen molar-refractivity contribution in [3.05, 3.63) is 59.0 Å². The third-order valence-corrected chi connectivity index (χ3v) is 6.42. The summed E-state index contributed by atoms with van der Waals surface area (Å²) in [6.07, 6.45) is 7.63. The summed E-state index contributed by atoms with van der Waals surface area (Å²) in [5.41, 5.74) is 4.50. The molecule has 1 aliphatic rings. The zero-order valence-electron chi connectivity index (χ0n) is 18.1. The summed E-state index contributed by atoms with van der Waals surface area (Å²) in [4.78, 5) is 13.6. The maximum absolute atomic E-state index is 5.79. The lowest BCUT2D eigenvalue weighted by atomic mass is 10.1. The number of anilines is 1. The van der Waals surface area contributed by atoms with Gasteiger partial charge in [-0.2, -0.15) is 5.10 Å². The van der Waals surface area contributed by atoms with Crippen LogP contribution in [0.25, 0.3) is 16.7 Å². The van der Waals surface area contributed by atoms with E-state index >= 15 is 0 Å². The Morgan fingerprint density at radius 1 is 1.03 bits per heavy atom. The molecular formula is C22H26N8S. The number of imidazole rings is 1. The SMILES string of the molecule is Cc1ccc(-n2ccn(CN3CCN(c4ncnc5c4cnn5C)CC3)c2=S)c(C)c1. The van der Waals surface area contributed by atoms with Gasteiger partial charge >= 0.3 is 0 Å². The first-order valence-corrected chi connectivity index (χ1v) is 10.9. The van der Waals surface area contributed by atoms with E-state index in [1.165, 1.54) is 11.1 Å². The van der Waals surface area contributed by atoms with E-state index in [0.717, 1.165) is 60.2 Å². The second kappa shape index (κ2) is 7.90. The monoisotopic (exact) mass is 434 g/mol. The largest absolute Gasteiger partial charge is 0.353 e. The van der Waals surface area contributed by atoms with Gasteiger partial charge in [0.2, 0.25) is 0 Å². The third kappa shape index (κ3) is 3.64. The molecule has 1 aliphatic heterocycles. The van der Waals surface area contributed by atoms with Gasteiger partial charge < -0.3 is 9.47 Å². The van der Waals surface area contributed by atoms with Crippen LogP contribution in [-0.4, -0.2) is 60.0 Å². The van der Waals surface area contributed by atoms with Crippen molar-refractivity contribution < 1.29 is 0 Å². The number of nitrogens with zero attached hydrogens (tertiary/aromatic N) is 8. The van der Waals surface area contributed by atoms with E-state index in [0.29, 0.717) is 0 Å². The first kappa shape index (κ1) is 19.9. The van der Waals surface area contributed by atoms with Crippen LogP contribution in [0.1, 0.15) is 11.1 Å². The topological polar surface area (TPSA) is 59.9 Å². The number of hydrogen-bond acceptors (Lipinski definition) is 6. The Morgan fingerprint density at radius 3 is 2.61 bits per heavy atom. The van der Waals surface area contributed by atoms with Gasteiger partial charge in [-0.05, 0) is 37.7 Å². The van der Waals surface area contributed by atoms with Crippen LogP contribution in [0.4, 0.5) is 5.82 Å². The van der Waals surface area contributed by atoms with Gasteiger partial charge in [-0.1, -0.05) is 17.7 Å².